The lowest BCUT2D eigenvalue weighted by molar-refractivity contribution is -0.137. The molecule has 0 saturated heterocycles. The van der Waals surface area contributed by atoms with E-state index < -0.39 is 5.97 Å². The molecule has 0 aliphatic heterocycles. The molecule has 3 aromatic rings. The fourth-order valence-corrected chi connectivity index (χ4v) is 3.31. The van der Waals surface area contributed by atoms with Gasteiger partial charge in [-0.25, -0.2) is 0 Å². The summed E-state index contributed by atoms with van der Waals surface area (Å²) in [5.74, 6) is 1.05. The van der Waals surface area contributed by atoms with E-state index in [0.29, 0.717) is 19.6 Å². The van der Waals surface area contributed by atoms with Crippen LogP contribution in [0.25, 0.3) is 0 Å². The molecule has 0 aliphatic rings. The van der Waals surface area contributed by atoms with Gasteiger partial charge < -0.3 is 9.52 Å². The number of carboxylic acids is 1. The molecule has 0 spiro atoms. The first kappa shape index (κ1) is 19.9. The molecule has 1 heterocycles. The number of carbonyl (C=O) groups is 1. The second-order valence-electron chi connectivity index (χ2n) is 7.06. The molecule has 3 rings (SSSR count). The second-order valence-corrected chi connectivity index (χ2v) is 7.06. The summed E-state index contributed by atoms with van der Waals surface area (Å²) < 4.78 is 5.82. The van der Waals surface area contributed by atoms with Crippen LogP contribution in [-0.2, 0) is 30.7 Å². The van der Waals surface area contributed by atoms with Crippen LogP contribution in [0.15, 0.2) is 71.1 Å². The number of hydrogen-bond donors (Lipinski definition) is 1. The number of aliphatic carboxylic acids is 1. The van der Waals surface area contributed by atoms with E-state index in [4.69, 9.17) is 9.52 Å². The molecule has 2 aromatic carbocycles. The highest BCUT2D eigenvalue weighted by atomic mass is 16.4. The minimum absolute atomic E-state index is 0.116. The molecule has 4 heteroatoms. The third-order valence-electron chi connectivity index (χ3n) is 4.74. The third-order valence-corrected chi connectivity index (χ3v) is 4.74. The first-order valence-electron chi connectivity index (χ1n) is 9.76. The average Bonchev–Trinajstić information content (AvgIpc) is 3.15. The van der Waals surface area contributed by atoms with Crippen molar-refractivity contribution in [3.05, 3.63) is 94.9 Å². The van der Waals surface area contributed by atoms with Crippen molar-refractivity contribution in [2.75, 3.05) is 6.54 Å². The van der Waals surface area contributed by atoms with E-state index in [1.165, 1.54) is 16.7 Å². The van der Waals surface area contributed by atoms with Gasteiger partial charge >= 0.3 is 5.97 Å². The third kappa shape index (κ3) is 6.10. The summed E-state index contributed by atoms with van der Waals surface area (Å²) in [6.07, 6.45) is 1.86. The van der Waals surface area contributed by atoms with E-state index in [-0.39, 0.29) is 6.42 Å². The Morgan fingerprint density at radius 3 is 2.32 bits per heavy atom. The van der Waals surface area contributed by atoms with Crippen LogP contribution >= 0.6 is 0 Å². The van der Waals surface area contributed by atoms with Gasteiger partial charge in [0, 0.05) is 19.5 Å². The van der Waals surface area contributed by atoms with Crippen molar-refractivity contribution in [1.29, 1.82) is 0 Å². The standard InChI is InChI=1S/C24H27NO3/c1-2-22-11-12-23(28-22)18-25(14-13-24(26)27)17-21-10-6-9-20(16-21)15-19-7-4-3-5-8-19/h3-12,16H,2,13-15,17-18H2,1H3,(H,26,27). The summed E-state index contributed by atoms with van der Waals surface area (Å²) in [6, 6.07) is 22.9. The molecule has 0 saturated carbocycles. The van der Waals surface area contributed by atoms with Gasteiger partial charge in [-0.05, 0) is 35.2 Å². The molecule has 0 aliphatic carbocycles. The van der Waals surface area contributed by atoms with E-state index in [1.807, 2.05) is 18.2 Å². The monoisotopic (exact) mass is 377 g/mol. The smallest absolute Gasteiger partial charge is 0.304 e. The van der Waals surface area contributed by atoms with E-state index >= 15 is 0 Å². The number of hydrogen-bond acceptors (Lipinski definition) is 3. The van der Waals surface area contributed by atoms with Crippen molar-refractivity contribution in [2.24, 2.45) is 0 Å². The van der Waals surface area contributed by atoms with Crippen molar-refractivity contribution in [3.63, 3.8) is 0 Å². The first-order chi connectivity index (χ1) is 13.6. The predicted molar refractivity (Wildman–Crippen MR) is 110 cm³/mol. The Labute approximate surface area is 166 Å². The Balaban J connectivity index is 1.70. The molecule has 0 atom stereocenters. The van der Waals surface area contributed by atoms with Gasteiger partial charge in [-0.15, -0.1) is 0 Å². The summed E-state index contributed by atoms with van der Waals surface area (Å²) in [5.41, 5.74) is 3.72. The Bertz CT molecular complexity index is 886. The first-order valence-corrected chi connectivity index (χ1v) is 9.76. The zero-order valence-electron chi connectivity index (χ0n) is 16.3. The predicted octanol–water partition coefficient (Wildman–Crippen LogP) is 4.91. The van der Waals surface area contributed by atoms with Gasteiger partial charge in [0.25, 0.3) is 0 Å². The summed E-state index contributed by atoms with van der Waals surface area (Å²) >= 11 is 0. The van der Waals surface area contributed by atoms with Crippen LogP contribution in [0.4, 0.5) is 0 Å². The maximum absolute atomic E-state index is 11.1. The average molecular weight is 377 g/mol. The fraction of sp³-hybridized carbons (Fsp3) is 0.292. The quantitative estimate of drug-likeness (QED) is 0.545. The van der Waals surface area contributed by atoms with Crippen LogP contribution in [0.2, 0.25) is 0 Å². The van der Waals surface area contributed by atoms with Gasteiger partial charge in [0.1, 0.15) is 11.5 Å². The molecule has 0 radical (unpaired) electrons. The lowest BCUT2D eigenvalue weighted by Gasteiger charge is -2.21. The Morgan fingerprint density at radius 2 is 1.61 bits per heavy atom. The molecule has 0 unspecified atom stereocenters. The topological polar surface area (TPSA) is 53.7 Å². The summed E-state index contributed by atoms with van der Waals surface area (Å²) in [5, 5.41) is 9.09. The molecule has 28 heavy (non-hydrogen) atoms. The van der Waals surface area contributed by atoms with Gasteiger partial charge in [-0.2, -0.15) is 0 Å². The minimum Gasteiger partial charge on any atom is -0.481 e. The number of benzene rings is 2. The number of aryl methyl sites for hydroxylation is 1. The minimum atomic E-state index is -0.781. The van der Waals surface area contributed by atoms with Crippen molar-refractivity contribution in [3.8, 4) is 0 Å². The summed E-state index contributed by atoms with van der Waals surface area (Å²) in [6.45, 7) is 3.84. The molecule has 0 fully saturated rings. The van der Waals surface area contributed by atoms with Crippen molar-refractivity contribution in [2.45, 2.75) is 39.3 Å². The van der Waals surface area contributed by atoms with Gasteiger partial charge in [0.15, 0.2) is 0 Å². The molecular weight excluding hydrogens is 350 g/mol. The molecule has 1 N–H and O–H groups in total. The molecule has 4 nitrogen and oxygen atoms in total. The summed E-state index contributed by atoms with van der Waals surface area (Å²) in [4.78, 5) is 13.2. The zero-order chi connectivity index (χ0) is 19.8. The van der Waals surface area contributed by atoms with Crippen LogP contribution in [0.1, 0.15) is 41.6 Å². The lowest BCUT2D eigenvalue weighted by atomic mass is 10.0. The van der Waals surface area contributed by atoms with Crippen molar-refractivity contribution in [1.82, 2.24) is 4.90 Å². The highest BCUT2D eigenvalue weighted by molar-refractivity contribution is 5.66. The second kappa shape index (κ2) is 9.90. The molecule has 146 valence electrons. The molecule has 1 aromatic heterocycles. The van der Waals surface area contributed by atoms with Gasteiger partial charge in [0.05, 0.1) is 13.0 Å². The van der Waals surface area contributed by atoms with E-state index in [2.05, 4.69) is 60.4 Å². The van der Waals surface area contributed by atoms with Crippen LogP contribution in [0, 0.1) is 0 Å². The number of rotatable bonds is 10. The van der Waals surface area contributed by atoms with Crippen LogP contribution < -0.4 is 0 Å². The SMILES string of the molecule is CCc1ccc(CN(CCC(=O)O)Cc2cccc(Cc3ccccc3)c2)o1. The molecular formula is C24H27NO3. The maximum atomic E-state index is 11.1. The highest BCUT2D eigenvalue weighted by Crippen LogP contribution is 2.16. The van der Waals surface area contributed by atoms with Crippen LogP contribution in [0.5, 0.6) is 0 Å². The van der Waals surface area contributed by atoms with E-state index in [9.17, 15) is 4.79 Å². The van der Waals surface area contributed by atoms with Crippen LogP contribution in [0.3, 0.4) is 0 Å². The maximum Gasteiger partial charge on any atom is 0.304 e. The molecule has 0 amide bonds. The van der Waals surface area contributed by atoms with E-state index in [1.54, 1.807) is 0 Å². The fourth-order valence-electron chi connectivity index (χ4n) is 3.31. The van der Waals surface area contributed by atoms with E-state index in [0.717, 1.165) is 24.4 Å². The summed E-state index contributed by atoms with van der Waals surface area (Å²) in [7, 11) is 0. The highest BCUT2D eigenvalue weighted by Gasteiger charge is 2.12. The Hall–Kier alpha value is -2.85. The largest absolute Gasteiger partial charge is 0.481 e. The van der Waals surface area contributed by atoms with Gasteiger partial charge in [-0.3, -0.25) is 9.69 Å². The normalized spacial score (nSPS) is 11.1. The van der Waals surface area contributed by atoms with Crippen molar-refractivity contribution < 1.29 is 14.3 Å². The number of nitrogens with zero attached hydrogens (tertiary/aromatic N) is 1. The zero-order valence-corrected chi connectivity index (χ0v) is 16.3. The number of furan rings is 1. The number of carboxylic acid groups (broad SMARTS) is 1. The van der Waals surface area contributed by atoms with Crippen molar-refractivity contribution >= 4 is 5.97 Å². The lowest BCUT2D eigenvalue weighted by Crippen LogP contribution is -2.25. The Morgan fingerprint density at radius 1 is 0.893 bits per heavy atom. The van der Waals surface area contributed by atoms with Gasteiger partial charge in [-0.1, -0.05) is 61.5 Å². The van der Waals surface area contributed by atoms with Crippen LogP contribution in [-0.4, -0.2) is 22.5 Å². The molecule has 0 bridgehead atoms. The Kier molecular flexibility index (Phi) is 7.04. The van der Waals surface area contributed by atoms with Gasteiger partial charge in [0.2, 0.25) is 0 Å².